The van der Waals surface area contributed by atoms with Crippen LogP contribution in [0.25, 0.3) is 99.9 Å². The summed E-state index contributed by atoms with van der Waals surface area (Å²) >= 11 is 0. The summed E-state index contributed by atoms with van der Waals surface area (Å²) in [5, 5.41) is 2.67. The molecule has 0 N–H and O–H groups in total. The minimum absolute atomic E-state index is 0. The van der Waals surface area contributed by atoms with Crippen LogP contribution in [0.2, 0.25) is 0 Å². The molecule has 483 valence electrons. The zero-order valence-corrected chi connectivity index (χ0v) is 55.4. The maximum Gasteiger partial charge on any atom is 0.416 e. The number of benzene rings is 9. The Balaban J connectivity index is 0.000000152. The fourth-order valence-corrected chi connectivity index (χ4v) is 12.8. The van der Waals surface area contributed by atoms with Crippen molar-refractivity contribution in [2.75, 3.05) is 0 Å². The van der Waals surface area contributed by atoms with Crippen LogP contribution in [0.4, 0.5) is 65.9 Å². The van der Waals surface area contributed by atoms with Crippen molar-refractivity contribution < 1.29 is 126 Å². The molecule has 94 heavy (non-hydrogen) atoms. The molecule has 3 aliphatic rings. The third-order valence-electron chi connectivity index (χ3n) is 17.5. The van der Waals surface area contributed by atoms with Gasteiger partial charge in [0.1, 0.15) is 0 Å². The van der Waals surface area contributed by atoms with Crippen molar-refractivity contribution >= 4 is 32.7 Å². The van der Waals surface area contributed by atoms with Gasteiger partial charge in [0.15, 0.2) is 5.41 Å². The minimum Gasteiger partial charge on any atom is -0.296 e. The van der Waals surface area contributed by atoms with E-state index in [1.165, 1.54) is 43.3 Å². The van der Waals surface area contributed by atoms with Crippen LogP contribution in [-0.4, -0.2) is 39.7 Å². The maximum atomic E-state index is 14.4. The van der Waals surface area contributed by atoms with Crippen molar-refractivity contribution in [2.45, 2.75) is 61.0 Å². The van der Waals surface area contributed by atoms with Gasteiger partial charge in [-0.2, -0.15) is 65.9 Å². The van der Waals surface area contributed by atoms with Crippen molar-refractivity contribution in [3.05, 3.63) is 269 Å². The third kappa shape index (κ3) is 11.2. The van der Waals surface area contributed by atoms with Gasteiger partial charge in [0, 0.05) is 60.3 Å². The largest absolute Gasteiger partial charge is 0.416 e. The fraction of sp³-hybridized carbons (Fsp3) is 0.137. The zero-order chi connectivity index (χ0) is 64.4. The predicted molar refractivity (Wildman–Crippen MR) is 317 cm³/mol. The van der Waals surface area contributed by atoms with Crippen LogP contribution in [0.5, 0.6) is 0 Å². The van der Waals surface area contributed by atoms with E-state index in [9.17, 15) is 65.9 Å². The second kappa shape index (κ2) is 24.7. The maximum absolute atomic E-state index is 14.4. The second-order valence-corrected chi connectivity index (χ2v) is 22.5. The number of para-hydroxylation sites is 3. The molecule has 0 fully saturated rings. The van der Waals surface area contributed by atoms with Crippen LogP contribution in [0.1, 0.15) is 52.8 Å². The molecule has 3 radical (unpaired) electrons. The van der Waals surface area contributed by atoms with Gasteiger partial charge in [0.25, 0.3) is 0 Å². The van der Waals surface area contributed by atoms with Crippen molar-refractivity contribution in [1.29, 1.82) is 0 Å². The van der Waals surface area contributed by atoms with E-state index >= 15 is 0 Å². The summed E-state index contributed by atoms with van der Waals surface area (Å²) in [6.07, 6.45) is -25.2. The number of pyridine rings is 3. The molecule has 21 heteroatoms. The summed E-state index contributed by atoms with van der Waals surface area (Å²) in [6, 6.07) is 63.7. The van der Waals surface area contributed by atoms with Gasteiger partial charge in [0.2, 0.25) is 0 Å². The van der Waals surface area contributed by atoms with E-state index < -0.39 is 69.4 Å². The number of hydrogen-bond acceptors (Lipinski definition) is 3. The molecule has 0 saturated heterocycles. The van der Waals surface area contributed by atoms with Gasteiger partial charge in [-0.15, -0.1) is 82.4 Å². The van der Waals surface area contributed by atoms with E-state index in [2.05, 4.69) is 33.2 Å². The van der Waals surface area contributed by atoms with Gasteiger partial charge in [-0.25, -0.2) is 0 Å². The fourth-order valence-electron chi connectivity index (χ4n) is 12.8. The minimum atomic E-state index is -5.60. The first-order chi connectivity index (χ1) is 43.0. The van der Waals surface area contributed by atoms with Crippen LogP contribution in [0.15, 0.2) is 212 Å². The first kappa shape index (κ1) is 69.0. The molecule has 2 unspecified atom stereocenters. The number of alkyl halides is 15. The molecule has 2 atom stereocenters. The average Bonchev–Trinajstić information content (AvgIpc) is 1.53. The molecule has 0 amide bonds. The van der Waals surface area contributed by atoms with Crippen LogP contribution in [-0.2, 0) is 82.7 Å². The van der Waals surface area contributed by atoms with E-state index in [0.717, 1.165) is 52.9 Å². The number of nitrogens with zero attached hydrogens (tertiary/aromatic N) is 3. The van der Waals surface area contributed by atoms with Crippen molar-refractivity contribution in [3.8, 4) is 67.2 Å². The Morgan fingerprint density at radius 1 is 0.298 bits per heavy atom. The summed E-state index contributed by atoms with van der Waals surface area (Å²) in [5.74, 6) is 0. The number of aromatic nitrogens is 3. The first-order valence-corrected chi connectivity index (χ1v) is 28.0. The van der Waals surface area contributed by atoms with E-state index in [0.29, 0.717) is 50.7 Å². The van der Waals surface area contributed by atoms with Gasteiger partial charge >= 0.3 is 30.9 Å². The molecular formula is C73H41F15Ir3N3-3. The Morgan fingerprint density at radius 2 is 0.617 bits per heavy atom. The van der Waals surface area contributed by atoms with Crippen molar-refractivity contribution in [3.63, 3.8) is 0 Å². The van der Waals surface area contributed by atoms with Crippen LogP contribution < -0.4 is 0 Å². The van der Waals surface area contributed by atoms with Crippen LogP contribution in [0, 0.1) is 18.2 Å². The number of hydrogen-bond donors (Lipinski definition) is 0. The quantitative estimate of drug-likeness (QED) is 0.131. The molecule has 9 aromatic carbocycles. The van der Waals surface area contributed by atoms with E-state index in [1.807, 2.05) is 66.7 Å². The third-order valence-corrected chi connectivity index (χ3v) is 17.5. The number of fused-ring (bicyclic) bond motifs is 12. The average molecular weight is 1820 g/mol. The summed E-state index contributed by atoms with van der Waals surface area (Å²) in [4.78, 5) is 13.5. The molecule has 0 bridgehead atoms. The second-order valence-electron chi connectivity index (χ2n) is 22.5. The Labute approximate surface area is 567 Å². The van der Waals surface area contributed by atoms with Crippen LogP contribution in [0.3, 0.4) is 0 Å². The smallest absolute Gasteiger partial charge is 0.296 e. The molecule has 3 nitrogen and oxygen atoms in total. The Morgan fingerprint density at radius 3 is 1.01 bits per heavy atom. The number of halogens is 15. The molecular weight excluding hydrogens is 1780 g/mol. The van der Waals surface area contributed by atoms with Gasteiger partial charge < -0.3 is 0 Å². The van der Waals surface area contributed by atoms with Crippen molar-refractivity contribution in [2.24, 2.45) is 0 Å². The van der Waals surface area contributed by atoms with E-state index in [-0.39, 0.29) is 111 Å². The molecule has 0 spiro atoms. The van der Waals surface area contributed by atoms with Gasteiger partial charge in [-0.3, -0.25) is 15.0 Å². The monoisotopic (exact) mass is 1820 g/mol. The number of rotatable bonds is 3. The summed E-state index contributed by atoms with van der Waals surface area (Å²) in [7, 11) is 0. The molecule has 0 saturated carbocycles. The Hall–Kier alpha value is -7.89. The topological polar surface area (TPSA) is 38.7 Å². The molecule has 15 rings (SSSR count). The van der Waals surface area contributed by atoms with E-state index in [1.54, 1.807) is 78.9 Å². The molecule has 3 heterocycles. The predicted octanol–water partition coefficient (Wildman–Crippen LogP) is 21.2. The molecule has 3 aliphatic carbocycles. The molecule has 0 aliphatic heterocycles. The Bertz CT molecular complexity index is 4890. The SMILES string of the molecule is CC1(C(F)(F)F)c2cc(-c3ccc4ccccc4n3)[c-]cc2-c2ccc(C(F)(F)F)cc21.CC1(C(F)(F)F)c2ccccc2-c2c[c-]c(-c3ccc4ccccc4n3)cc21.FC(F)(F)C1(C(F)(F)F)c2ccccc2-c2c[c-]c(-c3ccc4ccccc4n3)cc21.[Ir].[Ir].[Ir]. The van der Waals surface area contributed by atoms with Crippen LogP contribution >= 0.6 is 0 Å². The normalized spacial score (nSPS) is 16.5. The standard InChI is InChI=1S/C25H14F6N.C24H12F6N.C24H15F3N.3Ir/c1-23(25(29,30)31)19-12-15(22-11-7-14-4-2-3-5-21(14)32-22)6-9-17(19)18-10-8-16(13-20(18)23)24(26,27)28;25-23(26,27)22(24(28,29)30)18-7-3-2-6-16(18)17-11-9-15(13-19(17)22)21-12-10-14-5-1-4-8-20(14)31-21;1-23(24(25,26)27)19-8-4-3-7-17(19)18-12-10-16(14-20(18)23)22-13-11-15-6-2-5-9-21(15)28-22;;;/h2-5,7-13H,1H3;1-8,10-13H;2-9,11-14H,1H3;;;/q3*-1;;;. The summed E-state index contributed by atoms with van der Waals surface area (Å²) < 4.78 is 211. The van der Waals surface area contributed by atoms with Gasteiger partial charge in [-0.05, 0) is 88.0 Å². The summed E-state index contributed by atoms with van der Waals surface area (Å²) in [5.41, 5.74) is -5.89. The first-order valence-electron chi connectivity index (χ1n) is 28.0. The Kier molecular flexibility index (Phi) is 18.1. The zero-order valence-electron chi connectivity index (χ0n) is 48.2. The molecule has 12 aromatic rings. The van der Waals surface area contributed by atoms with Crippen molar-refractivity contribution in [1.82, 2.24) is 15.0 Å². The summed E-state index contributed by atoms with van der Waals surface area (Å²) in [6.45, 7) is 2.19. The van der Waals surface area contributed by atoms with Gasteiger partial charge in [0.05, 0.1) is 32.9 Å². The molecule has 3 aromatic heterocycles. The van der Waals surface area contributed by atoms with E-state index in [4.69, 9.17) is 0 Å². The van der Waals surface area contributed by atoms with Gasteiger partial charge in [-0.1, -0.05) is 191 Å².